The highest BCUT2D eigenvalue weighted by Gasteiger charge is 2.26. The van der Waals surface area contributed by atoms with E-state index in [0.29, 0.717) is 11.4 Å². The van der Waals surface area contributed by atoms with Crippen molar-refractivity contribution >= 4 is 21.6 Å². The van der Waals surface area contributed by atoms with Crippen LogP contribution in [0.1, 0.15) is 24.4 Å². The molecule has 0 atom stereocenters. The Bertz CT molecular complexity index is 700. The van der Waals surface area contributed by atoms with Gasteiger partial charge in [-0.25, -0.2) is 4.98 Å². The highest BCUT2D eigenvalue weighted by Crippen LogP contribution is 2.35. The molecule has 20 heavy (non-hydrogen) atoms. The maximum atomic E-state index is 12.3. The van der Waals surface area contributed by atoms with Crippen LogP contribution < -0.4 is 16.0 Å². The molecule has 1 aliphatic rings. The number of nitrogens with two attached hydrogens (primary N) is 1. The van der Waals surface area contributed by atoms with Crippen molar-refractivity contribution in [1.29, 1.82) is 0 Å². The molecule has 0 radical (unpaired) electrons. The maximum Gasteiger partial charge on any atom is 0.313 e. The summed E-state index contributed by atoms with van der Waals surface area (Å²) >= 11 is 3.37. The molecule has 1 fully saturated rings. The smallest absolute Gasteiger partial charge is 0.313 e. The summed E-state index contributed by atoms with van der Waals surface area (Å²) in [6.07, 6.45) is 5.34. The fourth-order valence-corrected chi connectivity index (χ4v) is 2.70. The van der Waals surface area contributed by atoms with Crippen molar-refractivity contribution < 1.29 is 4.74 Å². The van der Waals surface area contributed by atoms with Crippen LogP contribution in [0.2, 0.25) is 0 Å². The second-order valence-electron chi connectivity index (χ2n) is 4.92. The molecule has 1 saturated carbocycles. The van der Waals surface area contributed by atoms with Gasteiger partial charge >= 0.3 is 5.56 Å². The van der Waals surface area contributed by atoms with Crippen molar-refractivity contribution in [3.63, 3.8) is 0 Å². The van der Waals surface area contributed by atoms with Crippen LogP contribution in [0.4, 0.5) is 5.69 Å². The van der Waals surface area contributed by atoms with Gasteiger partial charge in [-0.3, -0.25) is 4.79 Å². The summed E-state index contributed by atoms with van der Waals surface area (Å²) < 4.78 is 8.20. The van der Waals surface area contributed by atoms with Crippen LogP contribution in [0.25, 0.3) is 0 Å². The van der Waals surface area contributed by atoms with E-state index in [1.165, 1.54) is 0 Å². The Balaban J connectivity index is 2.00. The molecule has 104 valence electrons. The molecule has 1 aromatic carbocycles. The minimum atomic E-state index is -0.211. The van der Waals surface area contributed by atoms with Crippen molar-refractivity contribution in [2.24, 2.45) is 0 Å². The zero-order valence-electron chi connectivity index (χ0n) is 11.0. The van der Waals surface area contributed by atoms with Gasteiger partial charge in [-0.15, -0.1) is 0 Å². The highest BCUT2D eigenvalue weighted by atomic mass is 79.9. The van der Waals surface area contributed by atoms with Gasteiger partial charge in [0.25, 0.3) is 5.88 Å². The predicted molar refractivity (Wildman–Crippen MR) is 80.1 cm³/mol. The first-order valence-electron chi connectivity index (χ1n) is 6.37. The van der Waals surface area contributed by atoms with Crippen LogP contribution in [0.15, 0.2) is 33.8 Å². The molecule has 3 rings (SSSR count). The molecule has 2 aromatic rings. The Morgan fingerprint density at radius 2 is 2.20 bits per heavy atom. The van der Waals surface area contributed by atoms with E-state index < -0.39 is 0 Å². The van der Waals surface area contributed by atoms with Crippen LogP contribution in [-0.4, -0.2) is 9.55 Å². The molecular weight excluding hydrogens is 322 g/mol. The molecule has 2 N–H and O–H groups in total. The average molecular weight is 336 g/mol. The maximum absolute atomic E-state index is 12.3. The van der Waals surface area contributed by atoms with E-state index >= 15 is 0 Å². The minimum absolute atomic E-state index is 0.0662. The number of aryl methyl sites for hydroxylation is 1. The van der Waals surface area contributed by atoms with Gasteiger partial charge in [0.15, 0.2) is 5.75 Å². The summed E-state index contributed by atoms with van der Waals surface area (Å²) in [5.41, 5.74) is 7.05. The van der Waals surface area contributed by atoms with Gasteiger partial charge < -0.3 is 15.0 Å². The van der Waals surface area contributed by atoms with Crippen molar-refractivity contribution in [2.75, 3.05) is 5.73 Å². The zero-order valence-corrected chi connectivity index (χ0v) is 12.6. The molecule has 1 aromatic heterocycles. The largest absolute Gasteiger partial charge is 0.432 e. The molecule has 1 heterocycles. The van der Waals surface area contributed by atoms with Crippen LogP contribution in [0, 0.1) is 6.92 Å². The standard InChI is InChI=1S/C14H14BrN3O2/c1-8-6-9(15)7-11(16)12(8)20-13-14(19)18(5-4-17-13)10-2-3-10/h4-7,10H,2-3,16H2,1H3. The number of anilines is 1. The molecular formula is C14H14BrN3O2. The van der Waals surface area contributed by atoms with E-state index in [1.807, 2.05) is 13.0 Å². The average Bonchev–Trinajstić information content (AvgIpc) is 3.19. The summed E-state index contributed by atoms with van der Waals surface area (Å²) in [5.74, 6) is 0.544. The van der Waals surface area contributed by atoms with Gasteiger partial charge in [-0.2, -0.15) is 0 Å². The summed E-state index contributed by atoms with van der Waals surface area (Å²) in [5, 5.41) is 0. The normalized spacial score (nSPS) is 14.3. The number of hydrogen-bond donors (Lipinski definition) is 1. The van der Waals surface area contributed by atoms with Crippen molar-refractivity contribution in [3.8, 4) is 11.6 Å². The van der Waals surface area contributed by atoms with E-state index in [9.17, 15) is 4.79 Å². The fourth-order valence-electron chi connectivity index (χ4n) is 2.11. The number of hydrogen-bond acceptors (Lipinski definition) is 4. The lowest BCUT2D eigenvalue weighted by molar-refractivity contribution is 0.443. The van der Waals surface area contributed by atoms with Gasteiger partial charge in [0.2, 0.25) is 0 Å². The van der Waals surface area contributed by atoms with E-state index in [-0.39, 0.29) is 17.5 Å². The third kappa shape index (κ3) is 2.43. The molecule has 0 unspecified atom stereocenters. The Kier molecular flexibility index (Phi) is 3.25. The van der Waals surface area contributed by atoms with Crippen molar-refractivity contribution in [1.82, 2.24) is 9.55 Å². The molecule has 6 heteroatoms. The molecule has 1 aliphatic carbocycles. The number of rotatable bonds is 3. The summed E-state index contributed by atoms with van der Waals surface area (Å²) in [4.78, 5) is 16.3. The number of ether oxygens (including phenoxy) is 1. The Hall–Kier alpha value is -1.82. The summed E-state index contributed by atoms with van der Waals surface area (Å²) in [6.45, 7) is 1.87. The lowest BCUT2D eigenvalue weighted by Gasteiger charge is -2.12. The quantitative estimate of drug-likeness (QED) is 0.875. The number of nitrogen functional groups attached to an aromatic ring is 1. The molecule has 0 saturated heterocycles. The van der Waals surface area contributed by atoms with Gasteiger partial charge in [-0.05, 0) is 37.5 Å². The van der Waals surface area contributed by atoms with Crippen LogP contribution >= 0.6 is 15.9 Å². The van der Waals surface area contributed by atoms with E-state index in [4.69, 9.17) is 10.5 Å². The zero-order chi connectivity index (χ0) is 14.3. The molecule has 5 nitrogen and oxygen atoms in total. The summed E-state index contributed by atoms with van der Waals surface area (Å²) in [6, 6.07) is 3.91. The number of nitrogens with zero attached hydrogens (tertiary/aromatic N) is 2. The third-order valence-electron chi connectivity index (χ3n) is 3.24. The van der Waals surface area contributed by atoms with E-state index in [2.05, 4.69) is 20.9 Å². The first-order chi connectivity index (χ1) is 9.56. The second-order valence-corrected chi connectivity index (χ2v) is 5.83. The number of aromatic nitrogens is 2. The summed E-state index contributed by atoms with van der Waals surface area (Å²) in [7, 11) is 0. The Morgan fingerprint density at radius 1 is 1.45 bits per heavy atom. The van der Waals surface area contributed by atoms with Crippen LogP contribution in [-0.2, 0) is 0 Å². The van der Waals surface area contributed by atoms with Gasteiger partial charge in [-0.1, -0.05) is 15.9 Å². The van der Waals surface area contributed by atoms with Gasteiger partial charge in [0, 0.05) is 22.9 Å². The Morgan fingerprint density at radius 3 is 2.85 bits per heavy atom. The predicted octanol–water partition coefficient (Wildman–Crippen LogP) is 3.02. The lowest BCUT2D eigenvalue weighted by atomic mass is 10.2. The highest BCUT2D eigenvalue weighted by molar-refractivity contribution is 9.10. The third-order valence-corrected chi connectivity index (χ3v) is 3.70. The number of halogens is 1. The van der Waals surface area contributed by atoms with Crippen molar-refractivity contribution in [2.45, 2.75) is 25.8 Å². The topological polar surface area (TPSA) is 70.1 Å². The van der Waals surface area contributed by atoms with Crippen LogP contribution in [0.3, 0.4) is 0 Å². The van der Waals surface area contributed by atoms with E-state index in [1.54, 1.807) is 23.0 Å². The van der Waals surface area contributed by atoms with Gasteiger partial charge in [0.1, 0.15) is 0 Å². The van der Waals surface area contributed by atoms with Crippen LogP contribution in [0.5, 0.6) is 11.6 Å². The van der Waals surface area contributed by atoms with Crippen molar-refractivity contribution in [3.05, 3.63) is 44.9 Å². The molecule has 0 bridgehead atoms. The second kappa shape index (κ2) is 4.94. The number of benzene rings is 1. The van der Waals surface area contributed by atoms with E-state index in [0.717, 1.165) is 22.9 Å². The fraction of sp³-hybridized carbons (Fsp3) is 0.286. The monoisotopic (exact) mass is 335 g/mol. The lowest BCUT2D eigenvalue weighted by Crippen LogP contribution is -2.20. The Labute approximate surface area is 124 Å². The first-order valence-corrected chi connectivity index (χ1v) is 7.16. The minimum Gasteiger partial charge on any atom is -0.432 e. The molecule has 0 spiro atoms. The molecule has 0 amide bonds. The first kappa shape index (κ1) is 13.2. The molecule has 0 aliphatic heterocycles. The SMILES string of the molecule is Cc1cc(Br)cc(N)c1Oc1nccn(C2CC2)c1=O. The van der Waals surface area contributed by atoms with Gasteiger partial charge in [0.05, 0.1) is 5.69 Å².